The zero-order chi connectivity index (χ0) is 34.9. The molecule has 0 spiro atoms. The molecule has 0 unspecified atom stereocenters. The monoisotopic (exact) mass is 852 g/mol. The van der Waals surface area contributed by atoms with Crippen LogP contribution in [0, 0.1) is 16.9 Å². The Morgan fingerprint density at radius 1 is 0.898 bits per heavy atom. The van der Waals surface area contributed by atoms with Gasteiger partial charge < -0.3 is 5.11 Å². The van der Waals surface area contributed by atoms with E-state index in [0.717, 1.165) is 55.2 Å². The van der Waals surface area contributed by atoms with Crippen LogP contribution in [0.25, 0.3) is 43.2 Å². The summed E-state index contributed by atoms with van der Waals surface area (Å²) in [6.45, 7) is 18.9. The van der Waals surface area contributed by atoms with E-state index in [0.29, 0.717) is 0 Å². The summed E-state index contributed by atoms with van der Waals surface area (Å²) < 4.78 is 1.27. The fraction of sp³-hybridized carbons (Fsp3) is 0.419. The van der Waals surface area contributed by atoms with Crippen LogP contribution in [0.15, 0.2) is 72.9 Å². The topological polar surface area (TPSA) is 63.1 Å². The van der Waals surface area contributed by atoms with Gasteiger partial charge in [-0.2, -0.15) is 0 Å². The summed E-state index contributed by atoms with van der Waals surface area (Å²) in [4.78, 5) is 22.9. The van der Waals surface area contributed by atoms with Crippen molar-refractivity contribution in [2.45, 2.75) is 106 Å². The summed E-state index contributed by atoms with van der Waals surface area (Å²) in [6, 6.07) is 18.9. The normalized spacial score (nSPS) is 13.3. The first-order chi connectivity index (χ1) is 22.8. The second-order valence-electron chi connectivity index (χ2n) is 14.8. The number of benzene rings is 2. The molecule has 1 aliphatic rings. The number of thiophene rings is 1. The van der Waals surface area contributed by atoms with Crippen LogP contribution in [0.2, 0.25) is 0 Å². The minimum absolute atomic E-state index is 0. The average molecular weight is 852 g/mol. The van der Waals surface area contributed by atoms with Crippen LogP contribution in [-0.4, -0.2) is 20.9 Å². The molecule has 5 aromatic rings. The Hall–Kier alpha value is -3.18. The summed E-state index contributed by atoms with van der Waals surface area (Å²) in [5.41, 5.74) is 6.97. The third kappa shape index (κ3) is 7.62. The van der Waals surface area contributed by atoms with Crippen molar-refractivity contribution in [1.29, 1.82) is 0 Å². The third-order valence-corrected chi connectivity index (χ3v) is 12.2. The maximum Gasteiger partial charge on any atom is 0.164 e. The van der Waals surface area contributed by atoms with Crippen molar-refractivity contribution < 1.29 is 30.0 Å². The zero-order valence-corrected chi connectivity index (χ0v) is 33.8. The predicted octanol–water partition coefficient (Wildman–Crippen LogP) is 12.0. The fourth-order valence-corrected chi connectivity index (χ4v) is 7.83. The molecule has 0 atom stereocenters. The standard InChI is InChI=1S/C28H23N2S.C15H28O2.Ir/c1-28(2,3)23-15-19(14-17-6-4-5-7-20(17)23)26-27-22(11-13-30-26)25-21-10-12-29-16-18(21)8-9-24(25)31-27;1-7-14(5,8-2)12(16)11-13(17)15(6,9-3)10-4;/h4-7,10-13,15-16H,8-9H2,1-3H3;11,16H,7-10H2,1-6H3;/q-1;;/b;12-11-;. The molecule has 3 aromatic heterocycles. The van der Waals surface area contributed by atoms with Gasteiger partial charge >= 0.3 is 0 Å². The van der Waals surface area contributed by atoms with E-state index in [1.54, 1.807) is 0 Å². The molecule has 0 bridgehead atoms. The number of nitrogens with zero attached hydrogens (tertiary/aromatic N) is 2. The molecule has 0 fully saturated rings. The van der Waals surface area contributed by atoms with Crippen molar-refractivity contribution in [3.8, 4) is 22.4 Å². The molecule has 1 radical (unpaired) electrons. The number of ketones is 1. The van der Waals surface area contributed by atoms with Crippen LogP contribution in [0.4, 0.5) is 0 Å². The minimum Gasteiger partial charge on any atom is -0.512 e. The average Bonchev–Trinajstić information content (AvgIpc) is 3.49. The van der Waals surface area contributed by atoms with Gasteiger partial charge in [-0.15, -0.1) is 40.5 Å². The van der Waals surface area contributed by atoms with Crippen molar-refractivity contribution in [2.24, 2.45) is 10.8 Å². The molecular weight excluding hydrogens is 801 g/mol. The van der Waals surface area contributed by atoms with Crippen molar-refractivity contribution in [2.75, 3.05) is 0 Å². The molecule has 2 aromatic carbocycles. The number of aromatic nitrogens is 2. The molecule has 1 N–H and O–H groups in total. The van der Waals surface area contributed by atoms with Gasteiger partial charge in [0.1, 0.15) is 5.76 Å². The van der Waals surface area contributed by atoms with Crippen LogP contribution in [0.1, 0.15) is 104 Å². The van der Waals surface area contributed by atoms with Gasteiger partial charge in [0.25, 0.3) is 0 Å². The first-order valence-corrected chi connectivity index (χ1v) is 18.4. The van der Waals surface area contributed by atoms with Crippen LogP contribution in [0.3, 0.4) is 0 Å². The summed E-state index contributed by atoms with van der Waals surface area (Å²) >= 11 is 1.90. The maximum atomic E-state index is 12.2. The van der Waals surface area contributed by atoms with Crippen LogP contribution in [-0.2, 0) is 43.2 Å². The molecule has 0 aliphatic heterocycles. The molecule has 0 amide bonds. The van der Waals surface area contributed by atoms with E-state index < -0.39 is 0 Å². The largest absolute Gasteiger partial charge is 0.512 e. The molecule has 3 heterocycles. The molecule has 4 nitrogen and oxygen atoms in total. The van der Waals surface area contributed by atoms with E-state index in [2.05, 4.69) is 74.3 Å². The number of fused-ring (bicyclic) bond motifs is 6. The Labute approximate surface area is 310 Å². The Morgan fingerprint density at radius 3 is 2.22 bits per heavy atom. The van der Waals surface area contributed by atoms with E-state index >= 15 is 0 Å². The number of hydrogen-bond donors (Lipinski definition) is 1. The van der Waals surface area contributed by atoms with E-state index in [-0.39, 0.29) is 47.9 Å². The number of rotatable bonds is 8. The molecular formula is C43H51IrN2O2S-. The van der Waals surface area contributed by atoms with E-state index in [1.165, 1.54) is 48.7 Å². The van der Waals surface area contributed by atoms with Crippen LogP contribution < -0.4 is 0 Å². The molecule has 1 aliphatic carbocycles. The van der Waals surface area contributed by atoms with Gasteiger partial charge in [-0.3, -0.25) is 14.8 Å². The van der Waals surface area contributed by atoms with Gasteiger partial charge in [0.15, 0.2) is 5.78 Å². The number of carbonyl (C=O) groups excluding carboxylic acids is 1. The molecule has 0 saturated carbocycles. The Balaban J connectivity index is 0.000000260. The van der Waals surface area contributed by atoms with Gasteiger partial charge in [0, 0.05) is 76.4 Å². The second kappa shape index (κ2) is 15.4. The smallest absolute Gasteiger partial charge is 0.164 e. The summed E-state index contributed by atoms with van der Waals surface area (Å²) in [7, 11) is 0. The summed E-state index contributed by atoms with van der Waals surface area (Å²) in [5.74, 6) is 0.286. The van der Waals surface area contributed by atoms with Crippen molar-refractivity contribution in [3.05, 3.63) is 95.0 Å². The molecule has 0 saturated heterocycles. The molecule has 6 heteroatoms. The number of pyridine rings is 2. The number of allylic oxidation sites excluding steroid dienone is 2. The Kier molecular flexibility index (Phi) is 12.1. The number of aliphatic hydroxyl groups excluding tert-OH is 1. The number of aryl methyl sites for hydroxylation is 2. The first-order valence-electron chi connectivity index (χ1n) is 17.5. The SMILES string of the molecule is CC(C)(C)c1cc(-c2nccc3c4c(sc23)CCc2cnccc2-4)[c-]c2ccccc12.CCC(C)(CC)C(=O)/C=C(\O)C(C)(CC)CC.[Ir]. The Morgan fingerprint density at radius 2 is 1.57 bits per heavy atom. The third-order valence-electron chi connectivity index (χ3n) is 10.9. The van der Waals surface area contributed by atoms with E-state index in [4.69, 9.17) is 4.98 Å². The van der Waals surface area contributed by atoms with Crippen molar-refractivity contribution >= 4 is 38.0 Å². The van der Waals surface area contributed by atoms with Gasteiger partial charge in [-0.1, -0.05) is 91.5 Å². The molecule has 261 valence electrons. The first kappa shape index (κ1) is 38.6. The zero-order valence-electron chi connectivity index (χ0n) is 30.6. The van der Waals surface area contributed by atoms with E-state index in [1.807, 2.05) is 71.5 Å². The van der Waals surface area contributed by atoms with Crippen LogP contribution in [0.5, 0.6) is 0 Å². The van der Waals surface area contributed by atoms with Crippen LogP contribution >= 0.6 is 11.3 Å². The predicted molar refractivity (Wildman–Crippen MR) is 204 cm³/mol. The van der Waals surface area contributed by atoms with E-state index in [9.17, 15) is 9.90 Å². The summed E-state index contributed by atoms with van der Waals surface area (Å²) in [6.07, 6.45) is 12.8. The van der Waals surface area contributed by atoms with Gasteiger partial charge in [-0.25, -0.2) is 0 Å². The fourth-order valence-electron chi connectivity index (χ4n) is 6.52. The number of carbonyl (C=O) groups is 1. The number of hydrogen-bond acceptors (Lipinski definition) is 5. The minimum atomic E-state index is -0.337. The quantitative estimate of drug-likeness (QED) is 0.0960. The van der Waals surface area contributed by atoms with Crippen molar-refractivity contribution in [3.63, 3.8) is 0 Å². The summed E-state index contributed by atoms with van der Waals surface area (Å²) in [5, 5.41) is 13.9. The van der Waals surface area contributed by atoms with Crippen molar-refractivity contribution in [1.82, 2.24) is 9.97 Å². The maximum absolute atomic E-state index is 12.2. The van der Waals surface area contributed by atoms with Gasteiger partial charge in [-0.05, 0) is 72.6 Å². The Bertz CT molecular complexity index is 1980. The van der Waals surface area contributed by atoms with Gasteiger partial charge in [0.2, 0.25) is 0 Å². The number of aliphatic hydroxyl groups is 1. The second-order valence-corrected chi connectivity index (χ2v) is 15.9. The van der Waals surface area contributed by atoms with Gasteiger partial charge in [0.05, 0.1) is 0 Å². The molecule has 49 heavy (non-hydrogen) atoms. The molecule has 6 rings (SSSR count).